The van der Waals surface area contributed by atoms with Crippen molar-refractivity contribution in [2.45, 2.75) is 6.04 Å². The maximum Gasteiger partial charge on any atom is 0.170 e. The Hall–Kier alpha value is -1.82. The first-order valence-corrected chi connectivity index (χ1v) is 8.39. The molecule has 0 aromatic heterocycles. The summed E-state index contributed by atoms with van der Waals surface area (Å²) in [4.78, 5) is 2.15. The predicted octanol–water partition coefficient (Wildman–Crippen LogP) is 3.94. The van der Waals surface area contributed by atoms with Crippen molar-refractivity contribution in [2.75, 3.05) is 33.1 Å². The minimum Gasteiger partial charge on any atom is -0.497 e. The Kier molecular flexibility index (Phi) is 6.85. The first-order valence-electron chi connectivity index (χ1n) is 7.60. The molecule has 1 atom stereocenters. The molecule has 2 N–H and O–H groups in total. The normalized spacial score (nSPS) is 11.9. The van der Waals surface area contributed by atoms with Crippen molar-refractivity contribution in [3.8, 4) is 5.75 Å². The summed E-state index contributed by atoms with van der Waals surface area (Å²) in [7, 11) is 5.76. The number of methoxy groups -OCH3 is 1. The third-order valence-electron chi connectivity index (χ3n) is 3.68. The molecule has 2 aromatic carbocycles. The van der Waals surface area contributed by atoms with Crippen LogP contribution in [0, 0.1) is 0 Å². The molecule has 0 aliphatic carbocycles. The van der Waals surface area contributed by atoms with Crippen molar-refractivity contribution in [1.82, 2.24) is 10.2 Å². The van der Waals surface area contributed by atoms with Gasteiger partial charge in [0.25, 0.3) is 0 Å². The van der Waals surface area contributed by atoms with Crippen molar-refractivity contribution >= 4 is 34.6 Å². The summed E-state index contributed by atoms with van der Waals surface area (Å²) in [6.07, 6.45) is 0. The zero-order valence-corrected chi connectivity index (χ0v) is 15.6. The Labute approximate surface area is 153 Å². The summed E-state index contributed by atoms with van der Waals surface area (Å²) in [5.74, 6) is 0.851. The summed E-state index contributed by atoms with van der Waals surface area (Å²) < 4.78 is 5.21. The van der Waals surface area contributed by atoms with Crippen LogP contribution in [0.1, 0.15) is 11.6 Å². The molecule has 0 saturated carbocycles. The van der Waals surface area contributed by atoms with Crippen LogP contribution >= 0.6 is 23.8 Å². The zero-order chi connectivity index (χ0) is 17.5. The van der Waals surface area contributed by atoms with E-state index in [1.807, 2.05) is 50.5 Å². The van der Waals surface area contributed by atoms with Crippen molar-refractivity contribution in [1.29, 1.82) is 0 Å². The van der Waals surface area contributed by atoms with Crippen LogP contribution in [0.4, 0.5) is 5.69 Å². The molecule has 2 rings (SSSR count). The third kappa shape index (κ3) is 5.37. The molecular formula is C18H22ClN3OS. The van der Waals surface area contributed by atoms with E-state index in [1.165, 1.54) is 5.56 Å². The Morgan fingerprint density at radius 3 is 2.29 bits per heavy atom. The van der Waals surface area contributed by atoms with Crippen LogP contribution < -0.4 is 15.4 Å². The Morgan fingerprint density at radius 1 is 1.12 bits per heavy atom. The number of nitrogens with one attached hydrogen (secondary N) is 2. The average molecular weight is 364 g/mol. The minimum absolute atomic E-state index is 0.195. The molecule has 0 aliphatic rings. The lowest BCUT2D eigenvalue weighted by Crippen LogP contribution is -2.36. The number of thiocarbonyl (C=S) groups is 1. The number of nitrogens with zero attached hydrogens (tertiary/aromatic N) is 1. The minimum atomic E-state index is 0.195. The predicted molar refractivity (Wildman–Crippen MR) is 105 cm³/mol. The van der Waals surface area contributed by atoms with Crippen LogP contribution in [-0.2, 0) is 0 Å². The number of likely N-dealkylation sites (N-methyl/N-ethyl adjacent to an activating group) is 1. The monoisotopic (exact) mass is 363 g/mol. The summed E-state index contributed by atoms with van der Waals surface area (Å²) in [6.45, 7) is 0.693. The molecule has 0 saturated heterocycles. The molecule has 2 aromatic rings. The SMILES string of the molecule is COc1ccc([C@H](CNC(=S)Nc2ccc(Cl)cc2)N(C)C)cc1. The molecule has 128 valence electrons. The van der Waals surface area contributed by atoms with Crippen molar-refractivity contribution in [3.63, 3.8) is 0 Å². The highest BCUT2D eigenvalue weighted by atomic mass is 35.5. The number of halogens is 1. The fourth-order valence-electron chi connectivity index (χ4n) is 2.32. The Bertz CT molecular complexity index is 659. The topological polar surface area (TPSA) is 36.5 Å². The van der Waals surface area contributed by atoms with E-state index in [2.05, 4.69) is 27.7 Å². The molecule has 6 heteroatoms. The maximum absolute atomic E-state index is 5.88. The van der Waals surface area contributed by atoms with E-state index in [-0.39, 0.29) is 6.04 Å². The molecular weight excluding hydrogens is 342 g/mol. The highest BCUT2D eigenvalue weighted by Crippen LogP contribution is 2.21. The van der Waals surface area contributed by atoms with Crippen LogP contribution in [0.5, 0.6) is 5.75 Å². The van der Waals surface area contributed by atoms with Gasteiger partial charge in [-0.25, -0.2) is 0 Å². The number of hydrogen-bond acceptors (Lipinski definition) is 3. The first-order chi connectivity index (χ1) is 11.5. The van der Waals surface area contributed by atoms with Gasteiger partial charge in [-0.3, -0.25) is 0 Å². The highest BCUT2D eigenvalue weighted by molar-refractivity contribution is 7.80. The lowest BCUT2D eigenvalue weighted by atomic mass is 10.1. The van der Waals surface area contributed by atoms with E-state index >= 15 is 0 Å². The van der Waals surface area contributed by atoms with Crippen LogP contribution in [0.25, 0.3) is 0 Å². The van der Waals surface area contributed by atoms with Gasteiger partial charge in [-0.15, -0.1) is 0 Å². The van der Waals surface area contributed by atoms with Gasteiger partial charge in [0.1, 0.15) is 5.75 Å². The number of rotatable bonds is 6. The van der Waals surface area contributed by atoms with Crippen molar-refractivity contribution in [2.24, 2.45) is 0 Å². The van der Waals surface area contributed by atoms with Gasteiger partial charge in [0.05, 0.1) is 13.2 Å². The molecule has 0 unspecified atom stereocenters. The van der Waals surface area contributed by atoms with Crippen LogP contribution in [-0.4, -0.2) is 37.8 Å². The zero-order valence-electron chi connectivity index (χ0n) is 14.0. The van der Waals surface area contributed by atoms with E-state index in [9.17, 15) is 0 Å². The summed E-state index contributed by atoms with van der Waals surface area (Å²) >= 11 is 11.3. The largest absolute Gasteiger partial charge is 0.497 e. The molecule has 0 spiro atoms. The van der Waals surface area contributed by atoms with Gasteiger partial charge in [-0.1, -0.05) is 23.7 Å². The summed E-state index contributed by atoms with van der Waals surface area (Å²) in [5.41, 5.74) is 2.10. The van der Waals surface area contributed by atoms with Gasteiger partial charge in [-0.2, -0.15) is 0 Å². The quantitative estimate of drug-likeness (QED) is 0.760. The molecule has 0 bridgehead atoms. The van der Waals surface area contributed by atoms with Crippen LogP contribution in [0.15, 0.2) is 48.5 Å². The van der Waals surface area contributed by atoms with E-state index in [0.29, 0.717) is 16.7 Å². The Balaban J connectivity index is 1.95. The van der Waals surface area contributed by atoms with E-state index in [4.69, 9.17) is 28.6 Å². The standard InChI is InChI=1S/C18H22ClN3OS/c1-22(2)17(13-4-10-16(23-3)11-5-13)12-20-18(24)21-15-8-6-14(19)7-9-15/h4-11,17H,12H2,1-3H3,(H2,20,21,24)/t17-/m0/s1. The second-order valence-electron chi connectivity index (χ2n) is 5.59. The highest BCUT2D eigenvalue weighted by Gasteiger charge is 2.14. The van der Waals surface area contributed by atoms with Gasteiger partial charge in [-0.05, 0) is 68.3 Å². The number of benzene rings is 2. The van der Waals surface area contributed by atoms with E-state index < -0.39 is 0 Å². The first kappa shape index (κ1) is 18.5. The van der Waals surface area contributed by atoms with Gasteiger partial charge >= 0.3 is 0 Å². The average Bonchev–Trinajstić information content (AvgIpc) is 2.57. The van der Waals surface area contributed by atoms with Gasteiger partial charge in [0.2, 0.25) is 0 Å². The van der Waals surface area contributed by atoms with E-state index in [0.717, 1.165) is 11.4 Å². The number of anilines is 1. The molecule has 0 radical (unpaired) electrons. The second kappa shape index (κ2) is 8.87. The fourth-order valence-corrected chi connectivity index (χ4v) is 2.65. The van der Waals surface area contributed by atoms with Crippen LogP contribution in [0.2, 0.25) is 5.02 Å². The summed E-state index contributed by atoms with van der Waals surface area (Å²) in [6, 6.07) is 15.7. The van der Waals surface area contributed by atoms with Gasteiger partial charge in [0, 0.05) is 17.3 Å². The second-order valence-corrected chi connectivity index (χ2v) is 6.44. The van der Waals surface area contributed by atoms with Gasteiger partial charge < -0.3 is 20.3 Å². The van der Waals surface area contributed by atoms with Crippen molar-refractivity contribution < 1.29 is 4.74 Å². The van der Waals surface area contributed by atoms with Crippen LogP contribution in [0.3, 0.4) is 0 Å². The molecule has 4 nitrogen and oxygen atoms in total. The molecule has 0 fully saturated rings. The van der Waals surface area contributed by atoms with E-state index in [1.54, 1.807) is 7.11 Å². The molecule has 24 heavy (non-hydrogen) atoms. The molecule has 0 heterocycles. The number of hydrogen-bond donors (Lipinski definition) is 2. The third-order valence-corrected chi connectivity index (χ3v) is 4.18. The molecule has 0 amide bonds. The fraction of sp³-hybridized carbons (Fsp3) is 0.278. The van der Waals surface area contributed by atoms with Crippen molar-refractivity contribution in [3.05, 3.63) is 59.1 Å². The lowest BCUT2D eigenvalue weighted by Gasteiger charge is -2.26. The number of ether oxygens (including phenoxy) is 1. The Morgan fingerprint density at radius 2 is 1.75 bits per heavy atom. The summed E-state index contributed by atoms with van der Waals surface area (Å²) in [5, 5.41) is 7.71. The maximum atomic E-state index is 5.88. The lowest BCUT2D eigenvalue weighted by molar-refractivity contribution is 0.299. The smallest absolute Gasteiger partial charge is 0.170 e. The van der Waals surface area contributed by atoms with Gasteiger partial charge in [0.15, 0.2) is 5.11 Å². The molecule has 0 aliphatic heterocycles.